The fourth-order valence-electron chi connectivity index (χ4n) is 1.73. The van der Waals surface area contributed by atoms with E-state index in [1.54, 1.807) is 12.1 Å². The van der Waals surface area contributed by atoms with Gasteiger partial charge in [0, 0.05) is 12.0 Å². The molecule has 2 rings (SSSR count). The van der Waals surface area contributed by atoms with Crippen LogP contribution < -0.4 is 9.47 Å². The van der Waals surface area contributed by atoms with Crippen molar-refractivity contribution in [3.8, 4) is 11.5 Å². The van der Waals surface area contributed by atoms with E-state index in [2.05, 4.69) is 0 Å². The Kier molecular flexibility index (Phi) is 2.60. The summed E-state index contributed by atoms with van der Waals surface area (Å²) in [4.78, 5) is 10.8. The molecule has 1 aromatic rings. The van der Waals surface area contributed by atoms with Gasteiger partial charge in [0.2, 0.25) is 0 Å². The Hall–Kier alpha value is -1.55. The predicted octanol–water partition coefficient (Wildman–Crippen LogP) is 0.803. The molecule has 1 aromatic carbocycles. The summed E-state index contributed by atoms with van der Waals surface area (Å²) in [5, 5.41) is 9.41. The number of aldehydes is 1. The molecule has 0 amide bonds. The lowest BCUT2D eigenvalue weighted by Crippen LogP contribution is -2.25. The van der Waals surface area contributed by atoms with Crippen molar-refractivity contribution in [3.05, 3.63) is 23.3 Å². The minimum Gasteiger partial charge on any atom is -0.492 e. The second kappa shape index (κ2) is 3.90. The van der Waals surface area contributed by atoms with Gasteiger partial charge in [-0.3, -0.25) is 4.79 Å². The standard InChI is InChI=1S/C11H12O4/c1-14-10-8(5-12)3-2-7-4-9(13)6-15-11(7)10/h2-3,5,9,13H,4,6H2,1H3. The van der Waals surface area contributed by atoms with E-state index < -0.39 is 6.10 Å². The van der Waals surface area contributed by atoms with Gasteiger partial charge in [-0.2, -0.15) is 0 Å². The number of methoxy groups -OCH3 is 1. The molecule has 0 fully saturated rings. The zero-order valence-corrected chi connectivity index (χ0v) is 8.40. The smallest absolute Gasteiger partial charge is 0.171 e. The highest BCUT2D eigenvalue weighted by Gasteiger charge is 2.22. The molecular weight excluding hydrogens is 196 g/mol. The highest BCUT2D eigenvalue weighted by molar-refractivity contribution is 5.82. The van der Waals surface area contributed by atoms with E-state index in [4.69, 9.17) is 9.47 Å². The second-order valence-corrected chi connectivity index (χ2v) is 3.46. The lowest BCUT2D eigenvalue weighted by Gasteiger charge is -2.23. The van der Waals surface area contributed by atoms with Crippen LogP contribution in [-0.4, -0.2) is 31.2 Å². The highest BCUT2D eigenvalue weighted by Crippen LogP contribution is 2.37. The molecule has 0 aromatic heterocycles. The SMILES string of the molecule is COc1c(C=O)ccc2c1OCC(O)C2. The summed E-state index contributed by atoms with van der Waals surface area (Å²) in [6.45, 7) is 0.242. The number of hydrogen-bond acceptors (Lipinski definition) is 4. The minimum absolute atomic E-state index is 0.242. The van der Waals surface area contributed by atoms with Crippen LogP contribution in [0.4, 0.5) is 0 Å². The van der Waals surface area contributed by atoms with E-state index in [-0.39, 0.29) is 6.61 Å². The molecule has 0 bridgehead atoms. The number of rotatable bonds is 2. The number of aliphatic hydroxyl groups is 1. The van der Waals surface area contributed by atoms with E-state index in [9.17, 15) is 9.90 Å². The number of aliphatic hydroxyl groups excluding tert-OH is 1. The van der Waals surface area contributed by atoms with Crippen molar-refractivity contribution in [2.24, 2.45) is 0 Å². The van der Waals surface area contributed by atoms with Crippen molar-refractivity contribution in [1.29, 1.82) is 0 Å². The molecule has 4 heteroatoms. The third-order valence-corrected chi connectivity index (χ3v) is 2.43. The van der Waals surface area contributed by atoms with Crippen LogP contribution in [0.3, 0.4) is 0 Å². The summed E-state index contributed by atoms with van der Waals surface area (Å²) in [6.07, 6.45) is 0.780. The summed E-state index contributed by atoms with van der Waals surface area (Å²) in [7, 11) is 1.50. The zero-order valence-electron chi connectivity index (χ0n) is 8.40. The molecule has 4 nitrogen and oxygen atoms in total. The van der Waals surface area contributed by atoms with Gasteiger partial charge in [0.1, 0.15) is 6.61 Å². The summed E-state index contributed by atoms with van der Waals surface area (Å²) >= 11 is 0. The van der Waals surface area contributed by atoms with Gasteiger partial charge in [-0.1, -0.05) is 6.07 Å². The average Bonchev–Trinajstić information content (AvgIpc) is 2.27. The highest BCUT2D eigenvalue weighted by atomic mass is 16.5. The molecule has 1 N–H and O–H groups in total. The first-order valence-electron chi connectivity index (χ1n) is 4.72. The van der Waals surface area contributed by atoms with Crippen LogP contribution in [0, 0.1) is 0 Å². The van der Waals surface area contributed by atoms with Crippen LogP contribution in [0.15, 0.2) is 12.1 Å². The van der Waals surface area contributed by atoms with Crippen molar-refractivity contribution >= 4 is 6.29 Å². The molecule has 0 radical (unpaired) electrons. The molecule has 1 heterocycles. The molecule has 1 aliphatic rings. The van der Waals surface area contributed by atoms with E-state index >= 15 is 0 Å². The van der Waals surface area contributed by atoms with Crippen molar-refractivity contribution in [2.75, 3.05) is 13.7 Å². The fourth-order valence-corrected chi connectivity index (χ4v) is 1.73. The van der Waals surface area contributed by atoms with Crippen LogP contribution >= 0.6 is 0 Å². The van der Waals surface area contributed by atoms with Gasteiger partial charge in [0.15, 0.2) is 17.8 Å². The molecule has 1 atom stereocenters. The van der Waals surface area contributed by atoms with E-state index in [0.717, 1.165) is 11.8 Å². The minimum atomic E-state index is -0.482. The second-order valence-electron chi connectivity index (χ2n) is 3.46. The van der Waals surface area contributed by atoms with Crippen molar-refractivity contribution in [3.63, 3.8) is 0 Å². The molecule has 0 saturated heterocycles. The van der Waals surface area contributed by atoms with Crippen LogP contribution in [0.1, 0.15) is 15.9 Å². The Morgan fingerprint density at radius 2 is 2.40 bits per heavy atom. The largest absolute Gasteiger partial charge is 0.492 e. The number of hydrogen-bond donors (Lipinski definition) is 1. The van der Waals surface area contributed by atoms with Gasteiger partial charge in [-0.05, 0) is 6.07 Å². The van der Waals surface area contributed by atoms with Crippen LogP contribution in [0.5, 0.6) is 11.5 Å². The Morgan fingerprint density at radius 1 is 1.60 bits per heavy atom. The molecule has 0 saturated carbocycles. The summed E-state index contributed by atoms with van der Waals surface area (Å²) in [6, 6.07) is 3.45. The average molecular weight is 208 g/mol. The van der Waals surface area contributed by atoms with E-state index in [0.29, 0.717) is 23.5 Å². The first-order valence-corrected chi connectivity index (χ1v) is 4.72. The quantitative estimate of drug-likeness (QED) is 0.730. The van der Waals surface area contributed by atoms with Gasteiger partial charge in [0.25, 0.3) is 0 Å². The van der Waals surface area contributed by atoms with Gasteiger partial charge in [-0.25, -0.2) is 0 Å². The number of benzene rings is 1. The maximum atomic E-state index is 10.8. The third-order valence-electron chi connectivity index (χ3n) is 2.43. The number of carbonyl (C=O) groups excluding carboxylic acids is 1. The van der Waals surface area contributed by atoms with Gasteiger partial charge in [0.05, 0.1) is 18.8 Å². The Balaban J connectivity index is 2.50. The topological polar surface area (TPSA) is 55.8 Å². The fraction of sp³-hybridized carbons (Fsp3) is 0.364. The monoisotopic (exact) mass is 208 g/mol. The molecule has 15 heavy (non-hydrogen) atoms. The lowest BCUT2D eigenvalue weighted by atomic mass is 10.0. The normalized spacial score (nSPS) is 18.9. The van der Waals surface area contributed by atoms with E-state index in [1.807, 2.05) is 0 Å². The molecule has 0 aliphatic carbocycles. The number of carbonyl (C=O) groups is 1. The van der Waals surface area contributed by atoms with E-state index in [1.165, 1.54) is 7.11 Å². The molecular formula is C11H12O4. The van der Waals surface area contributed by atoms with Crippen LogP contribution in [0.2, 0.25) is 0 Å². The lowest BCUT2D eigenvalue weighted by molar-refractivity contribution is 0.0896. The van der Waals surface area contributed by atoms with Gasteiger partial charge >= 0.3 is 0 Å². The molecule has 0 spiro atoms. The maximum absolute atomic E-state index is 10.8. The number of fused-ring (bicyclic) bond motifs is 1. The summed E-state index contributed by atoms with van der Waals surface area (Å²) < 4.78 is 10.5. The summed E-state index contributed by atoms with van der Waals surface area (Å²) in [5.41, 5.74) is 1.34. The Bertz CT molecular complexity index is 386. The zero-order chi connectivity index (χ0) is 10.8. The molecule has 1 unspecified atom stereocenters. The van der Waals surface area contributed by atoms with Crippen LogP contribution in [0.25, 0.3) is 0 Å². The Morgan fingerprint density at radius 3 is 3.07 bits per heavy atom. The van der Waals surface area contributed by atoms with Crippen LogP contribution in [-0.2, 0) is 6.42 Å². The van der Waals surface area contributed by atoms with Gasteiger partial charge < -0.3 is 14.6 Å². The molecule has 1 aliphatic heterocycles. The first-order chi connectivity index (χ1) is 7.26. The predicted molar refractivity (Wildman–Crippen MR) is 53.6 cm³/mol. The van der Waals surface area contributed by atoms with Gasteiger partial charge in [-0.15, -0.1) is 0 Å². The first kappa shape index (κ1) is 9.98. The third kappa shape index (κ3) is 1.68. The van der Waals surface area contributed by atoms with Crippen molar-refractivity contribution < 1.29 is 19.4 Å². The van der Waals surface area contributed by atoms with Crippen molar-refractivity contribution in [1.82, 2.24) is 0 Å². The number of ether oxygens (including phenoxy) is 2. The maximum Gasteiger partial charge on any atom is 0.171 e. The summed E-state index contributed by atoms with van der Waals surface area (Å²) in [5.74, 6) is 1.03. The Labute approximate surface area is 87.4 Å². The van der Waals surface area contributed by atoms with Crippen molar-refractivity contribution in [2.45, 2.75) is 12.5 Å². The molecule has 80 valence electrons.